The molecule has 90 valence electrons. The number of ketones is 1. The standard InChI is InChI=1S/C14H15FO2/c1-8-5-6-10(15)9-7-11(17-12(8)9)13(16)14(2,3)4/h5-7H,1-4H3. The lowest BCUT2D eigenvalue weighted by molar-refractivity contribution is 0.0831. The number of halogens is 1. The van der Waals surface area contributed by atoms with Gasteiger partial charge in [0.1, 0.15) is 11.4 Å². The first kappa shape index (κ1) is 11.8. The van der Waals surface area contributed by atoms with E-state index in [9.17, 15) is 9.18 Å². The molecule has 17 heavy (non-hydrogen) atoms. The normalized spacial score (nSPS) is 12.1. The number of furan rings is 1. The lowest BCUT2D eigenvalue weighted by Gasteiger charge is -2.13. The van der Waals surface area contributed by atoms with Crippen LogP contribution in [0.4, 0.5) is 4.39 Å². The van der Waals surface area contributed by atoms with Gasteiger partial charge < -0.3 is 4.42 Å². The second-order valence-electron chi connectivity index (χ2n) is 5.30. The smallest absolute Gasteiger partial charge is 0.203 e. The van der Waals surface area contributed by atoms with Gasteiger partial charge in [-0.1, -0.05) is 26.8 Å². The van der Waals surface area contributed by atoms with Crippen molar-refractivity contribution in [2.24, 2.45) is 5.41 Å². The van der Waals surface area contributed by atoms with Crippen molar-refractivity contribution in [3.8, 4) is 0 Å². The minimum absolute atomic E-state index is 0.118. The molecule has 0 aliphatic carbocycles. The Morgan fingerprint density at radius 2 is 1.94 bits per heavy atom. The molecule has 0 saturated heterocycles. The molecule has 0 aliphatic rings. The van der Waals surface area contributed by atoms with Gasteiger partial charge in [-0.3, -0.25) is 4.79 Å². The van der Waals surface area contributed by atoms with Gasteiger partial charge in [-0.15, -0.1) is 0 Å². The van der Waals surface area contributed by atoms with Crippen LogP contribution in [0.25, 0.3) is 11.0 Å². The van der Waals surface area contributed by atoms with Crippen LogP contribution in [0.1, 0.15) is 36.9 Å². The number of hydrogen-bond acceptors (Lipinski definition) is 2. The first-order valence-electron chi connectivity index (χ1n) is 5.54. The number of fused-ring (bicyclic) bond motifs is 1. The fourth-order valence-electron chi connectivity index (χ4n) is 1.71. The Labute approximate surface area is 99.4 Å². The molecule has 3 heteroatoms. The van der Waals surface area contributed by atoms with Crippen LogP contribution in [0, 0.1) is 18.2 Å². The maximum atomic E-state index is 13.6. The van der Waals surface area contributed by atoms with Crippen molar-refractivity contribution in [1.29, 1.82) is 0 Å². The highest BCUT2D eigenvalue weighted by Crippen LogP contribution is 2.29. The first-order chi connectivity index (χ1) is 7.80. The zero-order valence-electron chi connectivity index (χ0n) is 10.4. The molecule has 2 aromatic rings. The number of carbonyl (C=O) groups excluding carboxylic acids is 1. The van der Waals surface area contributed by atoms with E-state index in [-0.39, 0.29) is 17.4 Å². The van der Waals surface area contributed by atoms with E-state index in [2.05, 4.69) is 0 Å². The van der Waals surface area contributed by atoms with E-state index in [1.807, 2.05) is 27.7 Å². The summed E-state index contributed by atoms with van der Waals surface area (Å²) in [7, 11) is 0. The molecule has 0 spiro atoms. The van der Waals surface area contributed by atoms with Crippen LogP contribution >= 0.6 is 0 Å². The summed E-state index contributed by atoms with van der Waals surface area (Å²) in [6.07, 6.45) is 0. The topological polar surface area (TPSA) is 30.2 Å². The van der Waals surface area contributed by atoms with Crippen molar-refractivity contribution >= 4 is 16.8 Å². The largest absolute Gasteiger partial charge is 0.453 e. The van der Waals surface area contributed by atoms with E-state index < -0.39 is 5.41 Å². The average molecular weight is 234 g/mol. The monoisotopic (exact) mass is 234 g/mol. The van der Waals surface area contributed by atoms with Crippen LogP contribution in [0.3, 0.4) is 0 Å². The highest BCUT2D eigenvalue weighted by Gasteiger charge is 2.26. The minimum atomic E-state index is -0.530. The van der Waals surface area contributed by atoms with E-state index in [1.165, 1.54) is 12.1 Å². The van der Waals surface area contributed by atoms with E-state index >= 15 is 0 Å². The number of rotatable bonds is 1. The highest BCUT2D eigenvalue weighted by molar-refractivity contribution is 6.01. The van der Waals surface area contributed by atoms with Gasteiger partial charge in [-0.05, 0) is 24.6 Å². The van der Waals surface area contributed by atoms with Crippen molar-refractivity contribution in [1.82, 2.24) is 0 Å². The van der Waals surface area contributed by atoms with Gasteiger partial charge in [-0.25, -0.2) is 4.39 Å². The lowest BCUT2D eigenvalue weighted by Crippen LogP contribution is -2.19. The summed E-state index contributed by atoms with van der Waals surface area (Å²) in [5.74, 6) is -0.254. The summed E-state index contributed by atoms with van der Waals surface area (Å²) in [4.78, 5) is 12.0. The van der Waals surface area contributed by atoms with Crippen molar-refractivity contribution in [3.63, 3.8) is 0 Å². The van der Waals surface area contributed by atoms with Crippen LogP contribution < -0.4 is 0 Å². The summed E-state index contributed by atoms with van der Waals surface area (Å²) >= 11 is 0. The Morgan fingerprint density at radius 3 is 2.47 bits per heavy atom. The second-order valence-corrected chi connectivity index (χ2v) is 5.30. The number of benzene rings is 1. The highest BCUT2D eigenvalue weighted by atomic mass is 19.1. The zero-order valence-corrected chi connectivity index (χ0v) is 10.4. The van der Waals surface area contributed by atoms with E-state index in [0.717, 1.165) is 5.56 Å². The van der Waals surface area contributed by atoms with Crippen LogP contribution in [-0.2, 0) is 0 Å². The van der Waals surface area contributed by atoms with Crippen molar-refractivity contribution in [3.05, 3.63) is 35.3 Å². The van der Waals surface area contributed by atoms with Crippen LogP contribution in [-0.4, -0.2) is 5.78 Å². The second kappa shape index (κ2) is 3.69. The Kier molecular flexibility index (Phi) is 2.57. The Hall–Kier alpha value is -1.64. The number of hydrogen-bond donors (Lipinski definition) is 0. The summed E-state index contributed by atoms with van der Waals surface area (Å²) in [6.45, 7) is 7.26. The van der Waals surface area contributed by atoms with Crippen LogP contribution in [0.5, 0.6) is 0 Å². The van der Waals surface area contributed by atoms with Crippen molar-refractivity contribution in [2.45, 2.75) is 27.7 Å². The van der Waals surface area contributed by atoms with Gasteiger partial charge >= 0.3 is 0 Å². The molecule has 0 radical (unpaired) electrons. The first-order valence-corrected chi connectivity index (χ1v) is 5.54. The third-order valence-corrected chi connectivity index (χ3v) is 2.73. The summed E-state index contributed by atoms with van der Waals surface area (Å²) in [6, 6.07) is 4.52. The molecule has 0 aliphatic heterocycles. The van der Waals surface area contributed by atoms with Gasteiger partial charge in [-0.2, -0.15) is 0 Å². The predicted octanol–water partition coefficient (Wildman–Crippen LogP) is 4.11. The number of aryl methyl sites for hydroxylation is 1. The van der Waals surface area contributed by atoms with Gasteiger partial charge in [0.15, 0.2) is 5.76 Å². The average Bonchev–Trinajstić information content (AvgIpc) is 2.67. The quantitative estimate of drug-likeness (QED) is 0.695. The molecule has 2 rings (SSSR count). The maximum Gasteiger partial charge on any atom is 0.203 e. The predicted molar refractivity (Wildman–Crippen MR) is 64.7 cm³/mol. The van der Waals surface area contributed by atoms with Gasteiger partial charge in [0.2, 0.25) is 5.78 Å². The molecule has 0 N–H and O–H groups in total. The van der Waals surface area contributed by atoms with Crippen LogP contribution in [0.15, 0.2) is 22.6 Å². The van der Waals surface area contributed by atoms with Crippen LogP contribution in [0.2, 0.25) is 0 Å². The number of Topliss-reactive ketones (excluding diaryl/α,β-unsaturated/α-hetero) is 1. The molecule has 0 bridgehead atoms. The summed E-state index contributed by atoms with van der Waals surface area (Å²) in [5.41, 5.74) is 0.755. The van der Waals surface area contributed by atoms with E-state index in [4.69, 9.17) is 4.42 Å². The molecule has 1 aromatic carbocycles. The molecular weight excluding hydrogens is 219 g/mol. The minimum Gasteiger partial charge on any atom is -0.453 e. The SMILES string of the molecule is Cc1ccc(F)c2cc(C(=O)C(C)(C)C)oc12. The number of carbonyl (C=O) groups is 1. The van der Waals surface area contributed by atoms with Crippen molar-refractivity contribution in [2.75, 3.05) is 0 Å². The molecule has 1 aromatic heterocycles. The van der Waals surface area contributed by atoms with Gasteiger partial charge in [0.25, 0.3) is 0 Å². The third kappa shape index (κ3) is 1.97. The lowest BCUT2D eigenvalue weighted by atomic mass is 9.89. The maximum absolute atomic E-state index is 13.6. The molecule has 0 atom stereocenters. The van der Waals surface area contributed by atoms with Crippen molar-refractivity contribution < 1.29 is 13.6 Å². The Morgan fingerprint density at radius 1 is 1.29 bits per heavy atom. The Balaban J connectivity index is 2.64. The fourth-order valence-corrected chi connectivity index (χ4v) is 1.71. The molecule has 0 amide bonds. The Bertz CT molecular complexity index is 549. The molecule has 1 heterocycles. The molecule has 0 unspecified atom stereocenters. The molecule has 0 saturated carbocycles. The van der Waals surface area contributed by atoms with E-state index in [0.29, 0.717) is 11.0 Å². The summed E-state index contributed by atoms with van der Waals surface area (Å²) < 4.78 is 19.0. The van der Waals surface area contributed by atoms with E-state index in [1.54, 1.807) is 6.07 Å². The zero-order chi connectivity index (χ0) is 12.8. The van der Waals surface area contributed by atoms with Gasteiger partial charge in [0, 0.05) is 5.41 Å². The fraction of sp³-hybridized carbons (Fsp3) is 0.357. The molecule has 2 nitrogen and oxygen atoms in total. The molecule has 0 fully saturated rings. The molecular formula is C14H15FO2. The summed E-state index contributed by atoms with van der Waals surface area (Å²) in [5, 5.41) is 0.373. The van der Waals surface area contributed by atoms with Gasteiger partial charge in [0.05, 0.1) is 5.39 Å². The third-order valence-electron chi connectivity index (χ3n) is 2.73.